The van der Waals surface area contributed by atoms with Gasteiger partial charge in [0.1, 0.15) is 5.75 Å². The summed E-state index contributed by atoms with van der Waals surface area (Å²) in [5, 5.41) is 3.14. The third kappa shape index (κ3) is 4.57. The lowest BCUT2D eigenvalue weighted by molar-refractivity contribution is 0.142. The number of ether oxygens (including phenoxy) is 1. The van der Waals surface area contributed by atoms with Crippen molar-refractivity contribution in [1.82, 2.24) is 15.1 Å². The van der Waals surface area contributed by atoms with E-state index in [1.807, 2.05) is 17.0 Å². The van der Waals surface area contributed by atoms with Crippen LogP contribution in [0.2, 0.25) is 0 Å². The van der Waals surface area contributed by atoms with Crippen molar-refractivity contribution < 1.29 is 9.53 Å². The third-order valence-corrected chi connectivity index (χ3v) is 5.35. The van der Waals surface area contributed by atoms with Gasteiger partial charge in [0, 0.05) is 57.6 Å². The second kappa shape index (κ2) is 8.43. The van der Waals surface area contributed by atoms with Crippen LogP contribution in [0.25, 0.3) is 0 Å². The van der Waals surface area contributed by atoms with E-state index < -0.39 is 0 Å². The Morgan fingerprint density at radius 3 is 2.76 bits per heavy atom. The van der Waals surface area contributed by atoms with Crippen molar-refractivity contribution in [3.8, 4) is 5.75 Å². The molecular formula is C19H30N4O2. The van der Waals surface area contributed by atoms with Gasteiger partial charge in [0.25, 0.3) is 0 Å². The standard InChI is InChI=1S/C19H30N4O2/c1-3-21-9-11-22(12-10-21)19(24)20-14-16-7-8-23(15-16)17-5-4-6-18(13-17)25-2/h4-6,13,16H,3,7-12,14-15H2,1-2H3,(H,20,24). The van der Waals surface area contributed by atoms with Gasteiger partial charge < -0.3 is 24.8 Å². The number of methoxy groups -OCH3 is 1. The highest BCUT2D eigenvalue weighted by Gasteiger charge is 2.25. The Balaban J connectivity index is 1.43. The van der Waals surface area contributed by atoms with E-state index >= 15 is 0 Å². The predicted octanol–water partition coefficient (Wildman–Crippen LogP) is 1.87. The largest absolute Gasteiger partial charge is 0.497 e. The summed E-state index contributed by atoms with van der Waals surface area (Å²) in [5.41, 5.74) is 1.20. The lowest BCUT2D eigenvalue weighted by atomic mass is 10.1. The van der Waals surface area contributed by atoms with E-state index in [0.29, 0.717) is 5.92 Å². The maximum absolute atomic E-state index is 12.4. The van der Waals surface area contributed by atoms with E-state index in [1.54, 1.807) is 7.11 Å². The van der Waals surface area contributed by atoms with Gasteiger partial charge in [-0.05, 0) is 31.0 Å². The van der Waals surface area contributed by atoms with E-state index in [-0.39, 0.29) is 6.03 Å². The molecule has 0 aliphatic carbocycles. The van der Waals surface area contributed by atoms with Gasteiger partial charge in [0.15, 0.2) is 0 Å². The Morgan fingerprint density at radius 1 is 1.24 bits per heavy atom. The van der Waals surface area contributed by atoms with E-state index in [1.165, 1.54) is 5.69 Å². The first-order valence-electron chi connectivity index (χ1n) is 9.33. The fourth-order valence-corrected chi connectivity index (χ4v) is 3.65. The number of rotatable bonds is 5. The van der Waals surface area contributed by atoms with Gasteiger partial charge in [-0.3, -0.25) is 0 Å². The molecule has 138 valence electrons. The molecule has 1 N–H and O–H groups in total. The Kier molecular flexibility index (Phi) is 6.02. The summed E-state index contributed by atoms with van der Waals surface area (Å²) in [6, 6.07) is 8.29. The molecule has 25 heavy (non-hydrogen) atoms. The van der Waals surface area contributed by atoms with Crippen LogP contribution in [0.15, 0.2) is 24.3 Å². The van der Waals surface area contributed by atoms with Crippen LogP contribution in [0.5, 0.6) is 5.75 Å². The summed E-state index contributed by atoms with van der Waals surface area (Å²) >= 11 is 0. The van der Waals surface area contributed by atoms with E-state index in [9.17, 15) is 4.79 Å². The van der Waals surface area contributed by atoms with Crippen LogP contribution in [0.3, 0.4) is 0 Å². The quantitative estimate of drug-likeness (QED) is 0.884. The molecule has 1 aromatic carbocycles. The number of amides is 2. The van der Waals surface area contributed by atoms with Gasteiger partial charge in [0.05, 0.1) is 7.11 Å². The van der Waals surface area contributed by atoms with E-state index in [4.69, 9.17) is 4.74 Å². The monoisotopic (exact) mass is 346 g/mol. The molecule has 6 heteroatoms. The van der Waals surface area contributed by atoms with Crippen LogP contribution in [-0.2, 0) is 0 Å². The van der Waals surface area contributed by atoms with E-state index in [2.05, 4.69) is 34.2 Å². The van der Waals surface area contributed by atoms with Crippen molar-refractivity contribution in [3.05, 3.63) is 24.3 Å². The summed E-state index contributed by atoms with van der Waals surface area (Å²) < 4.78 is 5.31. The number of carbonyl (C=O) groups is 1. The first-order chi connectivity index (χ1) is 12.2. The van der Waals surface area contributed by atoms with Gasteiger partial charge in [0.2, 0.25) is 0 Å². The zero-order valence-electron chi connectivity index (χ0n) is 15.4. The molecule has 2 aliphatic rings. The second-order valence-corrected chi connectivity index (χ2v) is 6.91. The molecule has 2 fully saturated rings. The van der Waals surface area contributed by atoms with Crippen molar-refractivity contribution >= 4 is 11.7 Å². The van der Waals surface area contributed by atoms with Crippen LogP contribution >= 0.6 is 0 Å². The fraction of sp³-hybridized carbons (Fsp3) is 0.632. The topological polar surface area (TPSA) is 48.0 Å². The number of nitrogens with zero attached hydrogens (tertiary/aromatic N) is 3. The normalized spacial score (nSPS) is 21.4. The Bertz CT molecular complexity index is 572. The molecule has 6 nitrogen and oxygen atoms in total. The highest BCUT2D eigenvalue weighted by Crippen LogP contribution is 2.26. The van der Waals surface area contributed by atoms with Gasteiger partial charge in [-0.15, -0.1) is 0 Å². The van der Waals surface area contributed by atoms with Gasteiger partial charge in [-0.25, -0.2) is 4.79 Å². The van der Waals surface area contributed by atoms with Gasteiger partial charge >= 0.3 is 6.03 Å². The molecule has 2 heterocycles. The second-order valence-electron chi connectivity index (χ2n) is 6.91. The molecule has 2 amide bonds. The van der Waals surface area contributed by atoms with Crippen LogP contribution in [0, 0.1) is 5.92 Å². The molecule has 2 aliphatic heterocycles. The predicted molar refractivity (Wildman–Crippen MR) is 100 cm³/mol. The van der Waals surface area contributed by atoms with Crippen LogP contribution in [0.4, 0.5) is 10.5 Å². The zero-order chi connectivity index (χ0) is 17.6. The summed E-state index contributed by atoms with van der Waals surface area (Å²) in [5.74, 6) is 1.40. The SMILES string of the molecule is CCN1CCN(C(=O)NCC2CCN(c3cccc(OC)c3)C2)CC1. The van der Waals surface area contributed by atoms with E-state index in [0.717, 1.165) is 64.5 Å². The number of urea groups is 1. The fourth-order valence-electron chi connectivity index (χ4n) is 3.65. The number of hydrogen-bond donors (Lipinski definition) is 1. The Labute approximate surface area is 150 Å². The third-order valence-electron chi connectivity index (χ3n) is 5.35. The summed E-state index contributed by atoms with van der Waals surface area (Å²) in [7, 11) is 1.70. The summed E-state index contributed by atoms with van der Waals surface area (Å²) in [6.07, 6.45) is 1.11. The Hall–Kier alpha value is -1.95. The number of carbonyl (C=O) groups excluding carboxylic acids is 1. The molecule has 3 rings (SSSR count). The molecular weight excluding hydrogens is 316 g/mol. The first kappa shape index (κ1) is 17.9. The Morgan fingerprint density at radius 2 is 2.04 bits per heavy atom. The highest BCUT2D eigenvalue weighted by atomic mass is 16.5. The first-order valence-corrected chi connectivity index (χ1v) is 9.33. The molecule has 2 saturated heterocycles. The maximum atomic E-state index is 12.4. The average molecular weight is 346 g/mol. The molecule has 0 radical (unpaired) electrons. The summed E-state index contributed by atoms with van der Waals surface area (Å²) in [4.78, 5) is 19.1. The van der Waals surface area contributed by atoms with Gasteiger partial charge in [-0.2, -0.15) is 0 Å². The minimum Gasteiger partial charge on any atom is -0.497 e. The number of likely N-dealkylation sites (N-methyl/N-ethyl adjacent to an activating group) is 1. The molecule has 0 spiro atoms. The number of anilines is 1. The minimum absolute atomic E-state index is 0.0931. The minimum atomic E-state index is 0.0931. The molecule has 1 atom stereocenters. The van der Waals surface area contributed by atoms with Crippen molar-refractivity contribution in [1.29, 1.82) is 0 Å². The average Bonchev–Trinajstić information content (AvgIpc) is 3.15. The number of nitrogens with one attached hydrogen (secondary N) is 1. The molecule has 0 aromatic heterocycles. The smallest absolute Gasteiger partial charge is 0.317 e. The van der Waals surface area contributed by atoms with Crippen LogP contribution in [-0.4, -0.2) is 75.3 Å². The molecule has 1 aromatic rings. The summed E-state index contributed by atoms with van der Waals surface area (Å²) in [6.45, 7) is 9.64. The van der Waals surface area contributed by atoms with Crippen molar-refractivity contribution in [2.45, 2.75) is 13.3 Å². The molecule has 0 bridgehead atoms. The maximum Gasteiger partial charge on any atom is 0.317 e. The van der Waals surface area contributed by atoms with Crippen LogP contribution < -0.4 is 15.0 Å². The lowest BCUT2D eigenvalue weighted by Crippen LogP contribution is -2.52. The van der Waals surface area contributed by atoms with Crippen molar-refractivity contribution in [3.63, 3.8) is 0 Å². The zero-order valence-corrected chi connectivity index (χ0v) is 15.4. The highest BCUT2D eigenvalue weighted by molar-refractivity contribution is 5.74. The molecule has 1 unspecified atom stereocenters. The number of benzene rings is 1. The van der Waals surface area contributed by atoms with Crippen molar-refractivity contribution in [2.75, 3.05) is 64.4 Å². The molecule has 0 saturated carbocycles. The van der Waals surface area contributed by atoms with Gasteiger partial charge in [-0.1, -0.05) is 13.0 Å². The number of piperazine rings is 1. The number of hydrogen-bond acceptors (Lipinski definition) is 4. The van der Waals surface area contributed by atoms with Crippen LogP contribution in [0.1, 0.15) is 13.3 Å². The lowest BCUT2D eigenvalue weighted by Gasteiger charge is -2.34. The van der Waals surface area contributed by atoms with Crippen molar-refractivity contribution in [2.24, 2.45) is 5.92 Å².